The maximum Gasteiger partial charge on any atom is 0.119 e. The van der Waals surface area contributed by atoms with Crippen molar-refractivity contribution in [2.24, 2.45) is 0 Å². The summed E-state index contributed by atoms with van der Waals surface area (Å²) in [5.74, 6) is 0.892. The van der Waals surface area contributed by atoms with Gasteiger partial charge in [0.15, 0.2) is 0 Å². The predicted octanol–water partition coefficient (Wildman–Crippen LogP) is 4.25. The average Bonchev–Trinajstić information content (AvgIpc) is 2.56. The Balaban J connectivity index is 1.59. The van der Waals surface area contributed by atoms with Gasteiger partial charge in [-0.2, -0.15) is 0 Å². The number of ether oxygens (including phenoxy) is 1. The maximum absolute atomic E-state index is 5.78. The Kier molecular flexibility index (Phi) is 4.27. The van der Waals surface area contributed by atoms with E-state index in [0.717, 1.165) is 17.9 Å². The number of aromatic nitrogens is 1. The van der Waals surface area contributed by atoms with E-state index in [1.165, 1.54) is 11.1 Å². The summed E-state index contributed by atoms with van der Waals surface area (Å²) in [6.45, 7) is 0.598. The van der Waals surface area contributed by atoms with E-state index in [9.17, 15) is 0 Å². The smallest absolute Gasteiger partial charge is 0.119 e. The minimum absolute atomic E-state index is 0.598. The molecule has 0 bridgehead atoms. The van der Waals surface area contributed by atoms with Crippen LogP contribution in [0.2, 0.25) is 0 Å². The van der Waals surface area contributed by atoms with Crippen molar-refractivity contribution in [3.8, 4) is 5.75 Å². The van der Waals surface area contributed by atoms with Gasteiger partial charge in [-0.1, -0.05) is 48.5 Å². The standard InChI is InChI=1S/C19H17NO/c1-2-6-17(7-3-1)15-21-19-11-9-16(10-12-19)14-18-8-4-5-13-20-18/h1-13H,14-15H2. The Hall–Kier alpha value is -2.61. The number of nitrogens with zero attached hydrogens (tertiary/aromatic N) is 1. The second-order valence-electron chi connectivity index (χ2n) is 4.92. The van der Waals surface area contributed by atoms with Crippen LogP contribution in [0.25, 0.3) is 0 Å². The lowest BCUT2D eigenvalue weighted by molar-refractivity contribution is 0.306. The summed E-state index contributed by atoms with van der Waals surface area (Å²) in [5, 5.41) is 0. The molecule has 0 N–H and O–H groups in total. The largest absolute Gasteiger partial charge is 0.489 e. The molecular formula is C19H17NO. The molecule has 0 radical (unpaired) electrons. The fourth-order valence-corrected chi connectivity index (χ4v) is 2.16. The fourth-order valence-electron chi connectivity index (χ4n) is 2.16. The molecule has 2 aromatic carbocycles. The van der Waals surface area contributed by atoms with Crippen LogP contribution in [0.3, 0.4) is 0 Å². The van der Waals surface area contributed by atoms with Gasteiger partial charge in [-0.3, -0.25) is 4.98 Å². The summed E-state index contributed by atoms with van der Waals surface area (Å²) >= 11 is 0. The molecule has 0 saturated heterocycles. The highest BCUT2D eigenvalue weighted by Gasteiger charge is 1.99. The number of hydrogen-bond donors (Lipinski definition) is 0. The molecule has 0 aliphatic rings. The van der Waals surface area contributed by atoms with Crippen LogP contribution < -0.4 is 4.74 Å². The Morgan fingerprint density at radius 3 is 2.19 bits per heavy atom. The molecule has 0 spiro atoms. The molecule has 0 aliphatic carbocycles. The zero-order valence-electron chi connectivity index (χ0n) is 11.8. The van der Waals surface area contributed by atoms with E-state index < -0.39 is 0 Å². The topological polar surface area (TPSA) is 22.1 Å². The third-order valence-corrected chi connectivity index (χ3v) is 3.28. The van der Waals surface area contributed by atoms with Crippen LogP contribution in [0.5, 0.6) is 5.75 Å². The second kappa shape index (κ2) is 6.71. The van der Waals surface area contributed by atoms with Crippen LogP contribution in [0.1, 0.15) is 16.8 Å². The number of hydrogen-bond acceptors (Lipinski definition) is 2. The lowest BCUT2D eigenvalue weighted by Gasteiger charge is -2.07. The Morgan fingerprint density at radius 1 is 0.714 bits per heavy atom. The lowest BCUT2D eigenvalue weighted by Crippen LogP contribution is -1.95. The van der Waals surface area contributed by atoms with Gasteiger partial charge >= 0.3 is 0 Å². The normalized spacial score (nSPS) is 10.3. The molecule has 1 aromatic heterocycles. The van der Waals surface area contributed by atoms with Crippen molar-refractivity contribution in [1.29, 1.82) is 0 Å². The van der Waals surface area contributed by atoms with Gasteiger partial charge in [0.25, 0.3) is 0 Å². The molecule has 104 valence electrons. The molecule has 0 aliphatic heterocycles. The molecule has 0 unspecified atom stereocenters. The van der Waals surface area contributed by atoms with Crippen LogP contribution >= 0.6 is 0 Å². The lowest BCUT2D eigenvalue weighted by atomic mass is 10.1. The van der Waals surface area contributed by atoms with Gasteiger partial charge in [0.05, 0.1) is 0 Å². The molecule has 3 rings (SSSR count). The number of pyridine rings is 1. The maximum atomic E-state index is 5.78. The van der Waals surface area contributed by atoms with Crippen LogP contribution in [-0.2, 0) is 13.0 Å². The predicted molar refractivity (Wildman–Crippen MR) is 84.3 cm³/mol. The molecule has 0 saturated carbocycles. The molecule has 3 aromatic rings. The van der Waals surface area contributed by atoms with E-state index in [1.54, 1.807) is 0 Å². The van der Waals surface area contributed by atoms with Crippen molar-refractivity contribution < 1.29 is 4.74 Å². The molecular weight excluding hydrogens is 258 g/mol. The van der Waals surface area contributed by atoms with E-state index in [1.807, 2.05) is 54.7 Å². The second-order valence-corrected chi connectivity index (χ2v) is 4.92. The highest BCUT2D eigenvalue weighted by molar-refractivity contribution is 5.30. The Morgan fingerprint density at radius 2 is 1.48 bits per heavy atom. The first-order chi connectivity index (χ1) is 10.4. The molecule has 21 heavy (non-hydrogen) atoms. The third-order valence-electron chi connectivity index (χ3n) is 3.28. The SMILES string of the molecule is c1ccc(COc2ccc(Cc3ccccn3)cc2)cc1. The first kappa shape index (κ1) is 13.4. The highest BCUT2D eigenvalue weighted by Crippen LogP contribution is 2.16. The highest BCUT2D eigenvalue weighted by atomic mass is 16.5. The van der Waals surface area contributed by atoms with Gasteiger partial charge in [-0.15, -0.1) is 0 Å². The minimum atomic E-state index is 0.598. The van der Waals surface area contributed by atoms with Gasteiger partial charge in [0.2, 0.25) is 0 Å². The summed E-state index contributed by atoms with van der Waals surface area (Å²) in [4.78, 5) is 4.34. The fraction of sp³-hybridized carbons (Fsp3) is 0.105. The van der Waals surface area contributed by atoms with Crippen LogP contribution in [0.4, 0.5) is 0 Å². The first-order valence-electron chi connectivity index (χ1n) is 7.06. The number of rotatable bonds is 5. The van der Waals surface area contributed by atoms with Gasteiger partial charge in [-0.25, -0.2) is 0 Å². The van der Waals surface area contributed by atoms with E-state index >= 15 is 0 Å². The summed E-state index contributed by atoms with van der Waals surface area (Å²) in [5.41, 5.74) is 3.49. The van der Waals surface area contributed by atoms with E-state index in [2.05, 4.69) is 29.2 Å². The van der Waals surface area contributed by atoms with Gasteiger partial charge in [0.1, 0.15) is 12.4 Å². The molecule has 1 heterocycles. The summed E-state index contributed by atoms with van der Waals surface area (Å²) in [6.07, 6.45) is 2.67. The molecule has 0 atom stereocenters. The van der Waals surface area contributed by atoms with Crippen LogP contribution in [-0.4, -0.2) is 4.98 Å². The summed E-state index contributed by atoms with van der Waals surface area (Å²) < 4.78 is 5.78. The average molecular weight is 275 g/mol. The van der Waals surface area contributed by atoms with Crippen molar-refractivity contribution in [2.45, 2.75) is 13.0 Å². The Labute approximate surface area is 125 Å². The molecule has 0 fully saturated rings. The van der Waals surface area contributed by atoms with Crippen molar-refractivity contribution in [3.63, 3.8) is 0 Å². The minimum Gasteiger partial charge on any atom is -0.489 e. The van der Waals surface area contributed by atoms with Crippen molar-refractivity contribution in [3.05, 3.63) is 95.8 Å². The summed E-state index contributed by atoms with van der Waals surface area (Å²) in [7, 11) is 0. The zero-order chi connectivity index (χ0) is 14.3. The monoisotopic (exact) mass is 275 g/mol. The quantitative estimate of drug-likeness (QED) is 0.694. The van der Waals surface area contributed by atoms with E-state index in [4.69, 9.17) is 4.74 Å². The molecule has 2 nitrogen and oxygen atoms in total. The van der Waals surface area contributed by atoms with Gasteiger partial charge in [-0.05, 0) is 35.4 Å². The summed E-state index contributed by atoms with van der Waals surface area (Å²) in [6, 6.07) is 24.4. The number of benzene rings is 2. The van der Waals surface area contributed by atoms with E-state index in [0.29, 0.717) is 6.61 Å². The van der Waals surface area contributed by atoms with Gasteiger partial charge < -0.3 is 4.74 Å². The van der Waals surface area contributed by atoms with Crippen molar-refractivity contribution in [1.82, 2.24) is 4.98 Å². The molecule has 2 heteroatoms. The van der Waals surface area contributed by atoms with Gasteiger partial charge in [0, 0.05) is 18.3 Å². The first-order valence-corrected chi connectivity index (χ1v) is 7.06. The van der Waals surface area contributed by atoms with Crippen molar-refractivity contribution in [2.75, 3.05) is 0 Å². The van der Waals surface area contributed by atoms with Crippen molar-refractivity contribution >= 4 is 0 Å². The van der Waals surface area contributed by atoms with E-state index in [-0.39, 0.29) is 0 Å². The zero-order valence-corrected chi connectivity index (χ0v) is 11.8. The third kappa shape index (κ3) is 3.93. The Bertz CT molecular complexity index is 663. The molecule has 0 amide bonds. The van der Waals surface area contributed by atoms with Crippen LogP contribution in [0.15, 0.2) is 79.0 Å². The van der Waals surface area contributed by atoms with Crippen LogP contribution in [0, 0.1) is 0 Å².